The van der Waals surface area contributed by atoms with Gasteiger partial charge in [-0.25, -0.2) is 4.79 Å². The molecule has 2 aromatic rings. The molecule has 0 amide bonds. The second-order valence-electron chi connectivity index (χ2n) is 4.14. The second-order valence-corrected chi connectivity index (χ2v) is 5.39. The molecule has 0 aliphatic carbocycles. The van der Waals surface area contributed by atoms with Crippen LogP contribution < -0.4 is 4.74 Å². The molecule has 0 aliphatic heterocycles. The highest BCUT2D eigenvalue weighted by Gasteiger charge is 2.11. The van der Waals surface area contributed by atoms with E-state index in [1.165, 1.54) is 0 Å². The summed E-state index contributed by atoms with van der Waals surface area (Å²) in [5, 5.41) is 9.11. The van der Waals surface area contributed by atoms with Gasteiger partial charge in [-0.05, 0) is 52.8 Å². The maximum atomic E-state index is 11.1. The van der Waals surface area contributed by atoms with Gasteiger partial charge in [-0.3, -0.25) is 0 Å². The van der Waals surface area contributed by atoms with Crippen molar-refractivity contribution in [3.8, 4) is 5.75 Å². The number of benzene rings is 1. The number of ether oxygens (including phenoxy) is 1. The Morgan fingerprint density at radius 1 is 1.42 bits per heavy atom. The summed E-state index contributed by atoms with van der Waals surface area (Å²) < 4.78 is 7.87. The van der Waals surface area contributed by atoms with Gasteiger partial charge in [0, 0.05) is 16.3 Å². The molecule has 0 saturated heterocycles. The molecule has 0 fully saturated rings. The van der Waals surface area contributed by atoms with Gasteiger partial charge in [0.15, 0.2) is 0 Å². The zero-order valence-electron chi connectivity index (χ0n) is 10.5. The van der Waals surface area contributed by atoms with E-state index in [4.69, 9.17) is 9.84 Å². The van der Waals surface area contributed by atoms with Crippen LogP contribution in [0.2, 0.25) is 0 Å². The highest BCUT2D eigenvalue weighted by atomic mass is 127. The molecule has 4 nitrogen and oxygen atoms in total. The fourth-order valence-corrected chi connectivity index (χ4v) is 2.55. The SMILES string of the molecule is COc1cccc(CCn2cc(I)cc2C(=O)O)c1. The van der Waals surface area contributed by atoms with Crippen LogP contribution in [0.3, 0.4) is 0 Å². The van der Waals surface area contributed by atoms with Crippen molar-refractivity contribution in [2.24, 2.45) is 0 Å². The molecule has 19 heavy (non-hydrogen) atoms. The van der Waals surface area contributed by atoms with Crippen molar-refractivity contribution in [2.75, 3.05) is 7.11 Å². The number of halogens is 1. The Labute approximate surface area is 125 Å². The smallest absolute Gasteiger partial charge is 0.352 e. The van der Waals surface area contributed by atoms with E-state index in [1.54, 1.807) is 17.7 Å². The molecule has 0 bridgehead atoms. The molecule has 0 radical (unpaired) electrons. The minimum absolute atomic E-state index is 0.326. The molecular formula is C14H14INO3. The number of carboxylic acids is 1. The van der Waals surface area contributed by atoms with Crippen molar-refractivity contribution in [3.05, 3.63) is 51.4 Å². The van der Waals surface area contributed by atoms with Gasteiger partial charge >= 0.3 is 5.97 Å². The number of nitrogens with zero attached hydrogens (tertiary/aromatic N) is 1. The quantitative estimate of drug-likeness (QED) is 0.823. The maximum Gasteiger partial charge on any atom is 0.352 e. The van der Waals surface area contributed by atoms with E-state index < -0.39 is 5.97 Å². The van der Waals surface area contributed by atoms with Crippen LogP contribution in [0.1, 0.15) is 16.1 Å². The first-order chi connectivity index (χ1) is 9.10. The van der Waals surface area contributed by atoms with E-state index in [9.17, 15) is 4.79 Å². The Morgan fingerprint density at radius 2 is 2.21 bits per heavy atom. The largest absolute Gasteiger partial charge is 0.497 e. The molecule has 0 atom stereocenters. The Bertz CT molecular complexity index is 592. The van der Waals surface area contributed by atoms with E-state index in [1.807, 2.05) is 30.5 Å². The first-order valence-electron chi connectivity index (χ1n) is 5.82. The number of hydrogen-bond acceptors (Lipinski definition) is 2. The summed E-state index contributed by atoms with van der Waals surface area (Å²) in [6.07, 6.45) is 2.62. The van der Waals surface area contributed by atoms with Gasteiger partial charge in [0.05, 0.1) is 7.11 Å². The van der Waals surface area contributed by atoms with Gasteiger partial charge in [-0.1, -0.05) is 12.1 Å². The number of carboxylic acid groups (broad SMARTS) is 1. The van der Waals surface area contributed by atoms with E-state index >= 15 is 0 Å². The van der Waals surface area contributed by atoms with Crippen LogP contribution in [0.5, 0.6) is 5.75 Å². The number of hydrogen-bond donors (Lipinski definition) is 1. The van der Waals surface area contributed by atoms with Crippen LogP contribution in [0.25, 0.3) is 0 Å². The predicted octanol–water partition coefficient (Wildman–Crippen LogP) is 3.04. The minimum atomic E-state index is -0.895. The summed E-state index contributed by atoms with van der Waals surface area (Å²) in [4.78, 5) is 11.1. The van der Waals surface area contributed by atoms with Crippen molar-refractivity contribution >= 4 is 28.6 Å². The number of rotatable bonds is 5. The van der Waals surface area contributed by atoms with Crippen LogP contribution in [0.15, 0.2) is 36.5 Å². The van der Waals surface area contributed by atoms with E-state index in [0.717, 1.165) is 21.3 Å². The van der Waals surface area contributed by atoms with Crippen molar-refractivity contribution in [1.82, 2.24) is 4.57 Å². The molecule has 1 heterocycles. The average molecular weight is 371 g/mol. The van der Waals surface area contributed by atoms with Crippen molar-refractivity contribution in [3.63, 3.8) is 0 Å². The van der Waals surface area contributed by atoms with Crippen molar-refractivity contribution in [2.45, 2.75) is 13.0 Å². The second kappa shape index (κ2) is 6.10. The zero-order chi connectivity index (χ0) is 13.8. The maximum absolute atomic E-state index is 11.1. The summed E-state index contributed by atoms with van der Waals surface area (Å²) >= 11 is 2.12. The molecule has 1 aromatic heterocycles. The topological polar surface area (TPSA) is 51.5 Å². The average Bonchev–Trinajstić information content (AvgIpc) is 2.78. The van der Waals surface area contributed by atoms with Crippen molar-refractivity contribution in [1.29, 1.82) is 0 Å². The molecule has 0 aliphatic rings. The van der Waals surface area contributed by atoms with Crippen molar-refractivity contribution < 1.29 is 14.6 Å². The number of aryl methyl sites for hydroxylation is 2. The van der Waals surface area contributed by atoms with Crippen LogP contribution in [0, 0.1) is 3.57 Å². The fourth-order valence-electron chi connectivity index (χ4n) is 1.92. The Kier molecular flexibility index (Phi) is 4.47. The molecule has 0 unspecified atom stereocenters. The molecular weight excluding hydrogens is 357 g/mol. The zero-order valence-corrected chi connectivity index (χ0v) is 12.6. The first-order valence-corrected chi connectivity index (χ1v) is 6.90. The summed E-state index contributed by atoms with van der Waals surface area (Å²) in [5.41, 5.74) is 1.45. The summed E-state index contributed by atoms with van der Waals surface area (Å²) in [6, 6.07) is 9.48. The monoisotopic (exact) mass is 371 g/mol. The minimum Gasteiger partial charge on any atom is -0.497 e. The highest BCUT2D eigenvalue weighted by Crippen LogP contribution is 2.16. The van der Waals surface area contributed by atoms with Crippen LogP contribution in [0.4, 0.5) is 0 Å². The third-order valence-electron chi connectivity index (χ3n) is 2.86. The van der Waals surface area contributed by atoms with Gasteiger partial charge in [0.25, 0.3) is 0 Å². The number of aromatic nitrogens is 1. The standard InChI is InChI=1S/C14H14INO3/c1-19-12-4-2-3-10(7-12)5-6-16-9-11(15)8-13(16)14(17)18/h2-4,7-9H,5-6H2,1H3,(H,17,18). The lowest BCUT2D eigenvalue weighted by atomic mass is 10.1. The third kappa shape index (κ3) is 3.50. The Morgan fingerprint density at radius 3 is 2.89 bits per heavy atom. The first kappa shape index (κ1) is 13.9. The molecule has 1 aromatic carbocycles. The molecule has 0 saturated carbocycles. The predicted molar refractivity (Wildman–Crippen MR) is 80.8 cm³/mol. The number of carbonyl (C=O) groups is 1. The fraction of sp³-hybridized carbons (Fsp3) is 0.214. The van der Waals surface area contributed by atoms with Gasteiger partial charge in [0.2, 0.25) is 0 Å². The van der Waals surface area contributed by atoms with Crippen LogP contribution >= 0.6 is 22.6 Å². The Hall–Kier alpha value is -1.50. The Balaban J connectivity index is 2.11. The van der Waals surface area contributed by atoms with E-state index in [-0.39, 0.29) is 0 Å². The third-order valence-corrected chi connectivity index (χ3v) is 3.45. The molecule has 100 valence electrons. The van der Waals surface area contributed by atoms with Gasteiger partial charge in [-0.15, -0.1) is 0 Å². The number of aromatic carboxylic acids is 1. The van der Waals surface area contributed by atoms with Gasteiger partial charge in [0.1, 0.15) is 11.4 Å². The van der Waals surface area contributed by atoms with E-state index in [0.29, 0.717) is 12.2 Å². The summed E-state index contributed by atoms with van der Waals surface area (Å²) in [7, 11) is 1.63. The molecule has 2 rings (SSSR count). The van der Waals surface area contributed by atoms with E-state index in [2.05, 4.69) is 22.6 Å². The van der Waals surface area contributed by atoms with Gasteiger partial charge in [-0.2, -0.15) is 0 Å². The lowest BCUT2D eigenvalue weighted by Gasteiger charge is -2.07. The van der Waals surface area contributed by atoms with Crippen LogP contribution in [-0.4, -0.2) is 22.8 Å². The molecule has 1 N–H and O–H groups in total. The molecule has 0 spiro atoms. The lowest BCUT2D eigenvalue weighted by Crippen LogP contribution is -2.09. The van der Waals surface area contributed by atoms with Crippen LogP contribution in [-0.2, 0) is 13.0 Å². The van der Waals surface area contributed by atoms with Gasteiger partial charge < -0.3 is 14.4 Å². The number of methoxy groups -OCH3 is 1. The molecule has 5 heteroatoms. The normalized spacial score (nSPS) is 10.4. The lowest BCUT2D eigenvalue weighted by molar-refractivity contribution is 0.0685. The highest BCUT2D eigenvalue weighted by molar-refractivity contribution is 14.1. The summed E-state index contributed by atoms with van der Waals surface area (Å²) in [6.45, 7) is 0.637. The summed E-state index contributed by atoms with van der Waals surface area (Å²) in [5.74, 6) is -0.0772.